The molecule has 0 spiro atoms. The third-order valence-corrected chi connectivity index (χ3v) is 5.53. The number of nitrogens with zero attached hydrogens (tertiary/aromatic N) is 1. The fourth-order valence-electron chi connectivity index (χ4n) is 3.68. The van der Waals surface area contributed by atoms with Gasteiger partial charge in [0.25, 0.3) is 0 Å². The molecule has 120 valence electrons. The van der Waals surface area contributed by atoms with Crippen LogP contribution in [0.5, 0.6) is 0 Å². The number of carbonyl (C=O) groups is 2. The summed E-state index contributed by atoms with van der Waals surface area (Å²) in [5, 5.41) is 3.00. The molecule has 0 aromatic rings. The summed E-state index contributed by atoms with van der Waals surface area (Å²) in [6.45, 7) is 8.02. The molecule has 0 aromatic heterocycles. The number of hydrogen-bond acceptors (Lipinski definition) is 2. The van der Waals surface area contributed by atoms with Crippen molar-refractivity contribution in [3.63, 3.8) is 0 Å². The van der Waals surface area contributed by atoms with Crippen molar-refractivity contribution in [3.05, 3.63) is 0 Å². The highest BCUT2D eigenvalue weighted by atomic mass is 16.2. The van der Waals surface area contributed by atoms with E-state index in [-0.39, 0.29) is 29.8 Å². The second-order valence-electron chi connectivity index (χ2n) is 7.01. The van der Waals surface area contributed by atoms with E-state index < -0.39 is 5.54 Å². The second kappa shape index (κ2) is 6.37. The SMILES string of the molecule is CCC(C)C1C(=O)NC(C)(CC)C(=O)N1C1CCCCC1. The normalized spacial score (nSPS) is 33.0. The first-order valence-corrected chi connectivity index (χ1v) is 8.59. The zero-order chi connectivity index (χ0) is 15.6. The minimum Gasteiger partial charge on any atom is -0.340 e. The maximum atomic E-state index is 13.1. The van der Waals surface area contributed by atoms with Crippen LogP contribution in [0.4, 0.5) is 0 Å². The van der Waals surface area contributed by atoms with E-state index in [9.17, 15) is 9.59 Å². The molecule has 1 saturated carbocycles. The van der Waals surface area contributed by atoms with Gasteiger partial charge in [-0.25, -0.2) is 0 Å². The maximum absolute atomic E-state index is 13.1. The zero-order valence-corrected chi connectivity index (χ0v) is 13.9. The fourth-order valence-corrected chi connectivity index (χ4v) is 3.68. The van der Waals surface area contributed by atoms with Crippen LogP contribution in [-0.2, 0) is 9.59 Å². The van der Waals surface area contributed by atoms with Gasteiger partial charge in [-0.05, 0) is 32.1 Å². The Morgan fingerprint density at radius 3 is 2.38 bits per heavy atom. The van der Waals surface area contributed by atoms with Crippen molar-refractivity contribution in [1.82, 2.24) is 10.2 Å². The number of amides is 2. The highest BCUT2D eigenvalue weighted by molar-refractivity contribution is 5.99. The maximum Gasteiger partial charge on any atom is 0.248 e. The quantitative estimate of drug-likeness (QED) is 0.866. The molecule has 1 aliphatic heterocycles. The van der Waals surface area contributed by atoms with Crippen molar-refractivity contribution in [2.75, 3.05) is 0 Å². The molecule has 0 radical (unpaired) electrons. The Morgan fingerprint density at radius 2 is 1.86 bits per heavy atom. The minimum absolute atomic E-state index is 0.0406. The molecule has 2 aliphatic rings. The second-order valence-corrected chi connectivity index (χ2v) is 7.01. The summed E-state index contributed by atoms with van der Waals surface area (Å²) >= 11 is 0. The average molecular weight is 294 g/mol. The number of hydrogen-bond donors (Lipinski definition) is 1. The number of carbonyl (C=O) groups excluding carboxylic acids is 2. The average Bonchev–Trinajstić information content (AvgIpc) is 2.50. The minimum atomic E-state index is -0.724. The molecule has 2 rings (SSSR count). The molecule has 1 heterocycles. The van der Waals surface area contributed by atoms with Crippen LogP contribution in [0.25, 0.3) is 0 Å². The molecule has 1 saturated heterocycles. The highest BCUT2D eigenvalue weighted by Gasteiger charge is 2.50. The number of nitrogens with one attached hydrogen (secondary N) is 1. The fraction of sp³-hybridized carbons (Fsp3) is 0.882. The van der Waals surface area contributed by atoms with Crippen molar-refractivity contribution in [1.29, 1.82) is 0 Å². The van der Waals surface area contributed by atoms with Gasteiger partial charge in [-0.3, -0.25) is 9.59 Å². The zero-order valence-electron chi connectivity index (χ0n) is 13.9. The van der Waals surface area contributed by atoms with Gasteiger partial charge in [-0.1, -0.05) is 46.5 Å². The molecule has 1 N–H and O–H groups in total. The van der Waals surface area contributed by atoms with Crippen molar-refractivity contribution >= 4 is 11.8 Å². The lowest BCUT2D eigenvalue weighted by atomic mass is 9.83. The Morgan fingerprint density at radius 1 is 1.24 bits per heavy atom. The summed E-state index contributed by atoms with van der Waals surface area (Å²) in [6.07, 6.45) is 7.25. The molecule has 3 unspecified atom stereocenters. The van der Waals surface area contributed by atoms with Crippen LogP contribution in [0, 0.1) is 5.92 Å². The van der Waals surface area contributed by atoms with E-state index in [0.29, 0.717) is 6.42 Å². The summed E-state index contributed by atoms with van der Waals surface area (Å²) < 4.78 is 0. The van der Waals surface area contributed by atoms with Crippen molar-refractivity contribution in [3.8, 4) is 0 Å². The number of piperazine rings is 1. The monoisotopic (exact) mass is 294 g/mol. The van der Waals surface area contributed by atoms with E-state index in [1.807, 2.05) is 18.7 Å². The van der Waals surface area contributed by atoms with Crippen LogP contribution in [0.2, 0.25) is 0 Å². The predicted octanol–water partition coefficient (Wildman–Crippen LogP) is 2.86. The van der Waals surface area contributed by atoms with Crippen LogP contribution in [-0.4, -0.2) is 34.3 Å². The van der Waals surface area contributed by atoms with E-state index in [0.717, 1.165) is 19.3 Å². The van der Waals surface area contributed by atoms with Gasteiger partial charge in [0.2, 0.25) is 11.8 Å². The molecule has 1 aliphatic carbocycles. The first kappa shape index (κ1) is 16.3. The van der Waals surface area contributed by atoms with Crippen molar-refractivity contribution in [2.45, 2.75) is 90.3 Å². The number of rotatable bonds is 4. The molecule has 2 amide bonds. The van der Waals surface area contributed by atoms with E-state index in [4.69, 9.17) is 0 Å². The van der Waals surface area contributed by atoms with E-state index in [1.165, 1.54) is 19.3 Å². The third-order valence-electron chi connectivity index (χ3n) is 5.53. The Balaban J connectivity index is 2.34. The molecule has 2 fully saturated rings. The lowest BCUT2D eigenvalue weighted by Crippen LogP contribution is -2.72. The standard InChI is InChI=1S/C17H30N2O2/c1-5-12(3)14-15(20)18-17(4,6-2)16(21)19(14)13-10-8-7-9-11-13/h12-14H,5-11H2,1-4H3,(H,18,20). The van der Waals surface area contributed by atoms with Crippen LogP contribution in [0.1, 0.15) is 72.6 Å². The van der Waals surface area contributed by atoms with Gasteiger partial charge < -0.3 is 10.2 Å². The molecule has 0 aromatic carbocycles. The molecule has 21 heavy (non-hydrogen) atoms. The Kier molecular flexibility index (Phi) is 4.95. The molecule has 4 heteroatoms. The third kappa shape index (κ3) is 2.95. The smallest absolute Gasteiger partial charge is 0.248 e. The predicted molar refractivity (Wildman–Crippen MR) is 83.8 cm³/mol. The van der Waals surface area contributed by atoms with Crippen molar-refractivity contribution in [2.24, 2.45) is 5.92 Å². The summed E-state index contributed by atoms with van der Waals surface area (Å²) in [7, 11) is 0. The first-order valence-electron chi connectivity index (χ1n) is 8.59. The van der Waals surface area contributed by atoms with Gasteiger partial charge in [0.05, 0.1) is 0 Å². The summed E-state index contributed by atoms with van der Waals surface area (Å²) in [4.78, 5) is 27.7. The lowest BCUT2D eigenvalue weighted by Gasteiger charge is -2.50. The topological polar surface area (TPSA) is 49.4 Å². The van der Waals surface area contributed by atoms with Gasteiger partial charge in [0.15, 0.2) is 0 Å². The van der Waals surface area contributed by atoms with E-state index in [2.05, 4.69) is 19.2 Å². The molecule has 0 bridgehead atoms. The van der Waals surface area contributed by atoms with E-state index in [1.54, 1.807) is 0 Å². The summed E-state index contributed by atoms with van der Waals surface area (Å²) in [5.74, 6) is 0.373. The van der Waals surface area contributed by atoms with Gasteiger partial charge in [0, 0.05) is 6.04 Å². The van der Waals surface area contributed by atoms with Crippen molar-refractivity contribution < 1.29 is 9.59 Å². The molecule has 3 atom stereocenters. The largest absolute Gasteiger partial charge is 0.340 e. The Bertz CT molecular complexity index is 404. The van der Waals surface area contributed by atoms with Gasteiger partial charge in [-0.15, -0.1) is 0 Å². The van der Waals surface area contributed by atoms with Gasteiger partial charge >= 0.3 is 0 Å². The van der Waals surface area contributed by atoms with Gasteiger partial charge in [-0.2, -0.15) is 0 Å². The van der Waals surface area contributed by atoms with Gasteiger partial charge in [0.1, 0.15) is 11.6 Å². The van der Waals surface area contributed by atoms with Crippen LogP contribution < -0.4 is 5.32 Å². The van der Waals surface area contributed by atoms with Crippen LogP contribution in [0.15, 0.2) is 0 Å². The Hall–Kier alpha value is -1.06. The molecular weight excluding hydrogens is 264 g/mol. The summed E-state index contributed by atoms with van der Waals surface area (Å²) in [6, 6.07) is -0.0348. The van der Waals surface area contributed by atoms with Crippen LogP contribution in [0.3, 0.4) is 0 Å². The Labute approximate surface area is 128 Å². The summed E-state index contributed by atoms with van der Waals surface area (Å²) in [5.41, 5.74) is -0.724. The highest BCUT2D eigenvalue weighted by Crippen LogP contribution is 2.33. The van der Waals surface area contributed by atoms with E-state index >= 15 is 0 Å². The van der Waals surface area contributed by atoms with Crippen LogP contribution >= 0.6 is 0 Å². The molecular formula is C17H30N2O2. The lowest BCUT2D eigenvalue weighted by molar-refractivity contribution is -0.160. The first-order chi connectivity index (χ1) is 9.94. The molecule has 4 nitrogen and oxygen atoms in total.